The molecule has 0 aliphatic carbocycles. The van der Waals surface area contributed by atoms with Crippen LogP contribution in [0.3, 0.4) is 0 Å². The molecule has 3 rings (SSSR count). The second-order valence-corrected chi connectivity index (χ2v) is 6.85. The van der Waals surface area contributed by atoms with E-state index in [-0.39, 0.29) is 11.2 Å². The molecular formula is C15H10Cl2FIN2. The van der Waals surface area contributed by atoms with Crippen molar-refractivity contribution in [2.24, 2.45) is 0 Å². The van der Waals surface area contributed by atoms with Gasteiger partial charge < -0.3 is 0 Å². The first kappa shape index (κ1) is 15.1. The second kappa shape index (κ2) is 5.74. The number of para-hydroxylation sites is 1. The highest BCUT2D eigenvalue weighted by molar-refractivity contribution is 14.1. The van der Waals surface area contributed by atoms with Crippen molar-refractivity contribution in [1.82, 2.24) is 9.55 Å². The molecule has 1 atom stereocenters. The molecule has 1 unspecified atom stereocenters. The van der Waals surface area contributed by atoms with Gasteiger partial charge >= 0.3 is 0 Å². The molecular weight excluding hydrogens is 425 g/mol. The topological polar surface area (TPSA) is 17.8 Å². The molecule has 6 heteroatoms. The van der Waals surface area contributed by atoms with Crippen molar-refractivity contribution in [2.45, 2.75) is 12.3 Å². The monoisotopic (exact) mass is 434 g/mol. The number of nitrogens with zero attached hydrogens (tertiary/aromatic N) is 2. The first-order chi connectivity index (χ1) is 9.99. The minimum absolute atomic E-state index is 0.279. The van der Waals surface area contributed by atoms with E-state index in [9.17, 15) is 4.39 Å². The molecule has 0 aliphatic rings. The Morgan fingerprint density at radius 1 is 1.29 bits per heavy atom. The minimum Gasteiger partial charge on any atom is -0.292 e. The summed E-state index contributed by atoms with van der Waals surface area (Å²) in [5, 5.41) is 0.290. The summed E-state index contributed by atoms with van der Waals surface area (Å²) >= 11 is 14.7. The standard InChI is InChI=1S/C15H10Cl2FIN2/c1-8(16)15-20-12-4-2-3-10(17)14(12)21(15)13-6-5-9(18)7-11(13)19/h2-8H,1H3. The summed E-state index contributed by atoms with van der Waals surface area (Å²) < 4.78 is 16.0. The number of aromatic nitrogens is 2. The Labute approximate surface area is 145 Å². The number of benzene rings is 2. The predicted molar refractivity (Wildman–Crippen MR) is 93.0 cm³/mol. The van der Waals surface area contributed by atoms with E-state index < -0.39 is 0 Å². The maximum atomic E-state index is 13.4. The molecule has 0 fully saturated rings. The summed E-state index contributed by atoms with van der Waals surface area (Å²) in [7, 11) is 0. The van der Waals surface area contributed by atoms with Gasteiger partial charge in [0.15, 0.2) is 0 Å². The highest BCUT2D eigenvalue weighted by atomic mass is 127. The van der Waals surface area contributed by atoms with Crippen LogP contribution >= 0.6 is 45.8 Å². The zero-order valence-electron chi connectivity index (χ0n) is 10.9. The van der Waals surface area contributed by atoms with Crippen LogP contribution in [0.25, 0.3) is 16.7 Å². The fourth-order valence-electron chi connectivity index (χ4n) is 2.28. The quantitative estimate of drug-likeness (QED) is 0.372. The van der Waals surface area contributed by atoms with Crippen LogP contribution in [-0.4, -0.2) is 9.55 Å². The fourth-order valence-corrected chi connectivity index (χ4v) is 3.40. The van der Waals surface area contributed by atoms with Gasteiger partial charge in [-0.3, -0.25) is 4.57 Å². The van der Waals surface area contributed by atoms with Crippen LogP contribution in [0.15, 0.2) is 36.4 Å². The lowest BCUT2D eigenvalue weighted by atomic mass is 10.2. The highest BCUT2D eigenvalue weighted by Crippen LogP contribution is 2.33. The summed E-state index contributed by atoms with van der Waals surface area (Å²) in [5.41, 5.74) is 2.37. The van der Waals surface area contributed by atoms with Crippen molar-refractivity contribution >= 4 is 56.8 Å². The first-order valence-electron chi connectivity index (χ1n) is 6.25. The zero-order valence-corrected chi connectivity index (χ0v) is 14.6. The van der Waals surface area contributed by atoms with E-state index in [0.29, 0.717) is 10.8 Å². The molecule has 3 aromatic rings. The van der Waals surface area contributed by atoms with Gasteiger partial charge in [0.25, 0.3) is 0 Å². The third kappa shape index (κ3) is 2.64. The number of hydrogen-bond acceptors (Lipinski definition) is 1. The van der Waals surface area contributed by atoms with E-state index in [4.69, 9.17) is 23.2 Å². The van der Waals surface area contributed by atoms with Gasteiger partial charge in [-0.1, -0.05) is 17.7 Å². The van der Waals surface area contributed by atoms with Crippen LogP contribution < -0.4 is 0 Å². The predicted octanol–water partition coefficient (Wildman–Crippen LogP) is 5.72. The lowest BCUT2D eigenvalue weighted by Gasteiger charge is -2.13. The Morgan fingerprint density at radius 2 is 2.05 bits per heavy atom. The molecule has 21 heavy (non-hydrogen) atoms. The Morgan fingerprint density at radius 3 is 2.71 bits per heavy atom. The molecule has 0 spiro atoms. The second-order valence-electron chi connectivity index (χ2n) is 4.62. The average molecular weight is 435 g/mol. The number of fused-ring (bicyclic) bond motifs is 1. The lowest BCUT2D eigenvalue weighted by Crippen LogP contribution is -2.04. The number of rotatable bonds is 2. The summed E-state index contributed by atoms with van der Waals surface area (Å²) in [4.78, 5) is 4.56. The van der Waals surface area contributed by atoms with E-state index in [2.05, 4.69) is 27.6 Å². The lowest BCUT2D eigenvalue weighted by molar-refractivity contribution is 0.626. The van der Waals surface area contributed by atoms with E-state index in [0.717, 1.165) is 20.3 Å². The van der Waals surface area contributed by atoms with Crippen molar-refractivity contribution in [3.8, 4) is 5.69 Å². The van der Waals surface area contributed by atoms with Crippen LogP contribution in [0.5, 0.6) is 0 Å². The number of imidazole rings is 1. The molecule has 1 aromatic heterocycles. The number of alkyl halides is 1. The maximum absolute atomic E-state index is 13.4. The Hall–Kier alpha value is -0.850. The van der Waals surface area contributed by atoms with E-state index >= 15 is 0 Å². The molecule has 0 N–H and O–H groups in total. The average Bonchev–Trinajstić information content (AvgIpc) is 2.80. The number of hydrogen-bond donors (Lipinski definition) is 0. The Balaban J connectivity index is 2.41. The maximum Gasteiger partial charge on any atom is 0.132 e. The molecule has 0 amide bonds. The van der Waals surface area contributed by atoms with Crippen molar-refractivity contribution < 1.29 is 4.39 Å². The van der Waals surface area contributed by atoms with Crippen LogP contribution in [0.1, 0.15) is 18.1 Å². The van der Waals surface area contributed by atoms with Crippen LogP contribution in [-0.2, 0) is 0 Å². The molecule has 0 saturated carbocycles. The van der Waals surface area contributed by atoms with Crippen molar-refractivity contribution in [1.29, 1.82) is 0 Å². The summed E-state index contributed by atoms with van der Waals surface area (Å²) in [6, 6.07) is 10.1. The van der Waals surface area contributed by atoms with Crippen LogP contribution in [0.2, 0.25) is 5.02 Å². The van der Waals surface area contributed by atoms with Gasteiger partial charge in [-0.2, -0.15) is 0 Å². The smallest absolute Gasteiger partial charge is 0.132 e. The third-order valence-electron chi connectivity index (χ3n) is 3.16. The SMILES string of the molecule is CC(Cl)c1nc2cccc(Cl)c2n1-c1ccc(F)cc1I. The molecule has 0 bridgehead atoms. The molecule has 108 valence electrons. The summed E-state index contributed by atoms with van der Waals surface area (Å²) in [6.07, 6.45) is 0. The fraction of sp³-hybridized carbons (Fsp3) is 0.133. The van der Waals surface area contributed by atoms with Gasteiger partial charge in [0.2, 0.25) is 0 Å². The Bertz CT molecular complexity index is 830. The van der Waals surface area contributed by atoms with Gasteiger partial charge in [-0.25, -0.2) is 9.37 Å². The van der Waals surface area contributed by atoms with E-state index in [1.165, 1.54) is 12.1 Å². The van der Waals surface area contributed by atoms with Crippen molar-refractivity contribution in [3.63, 3.8) is 0 Å². The number of halogens is 4. The van der Waals surface area contributed by atoms with Crippen LogP contribution in [0.4, 0.5) is 4.39 Å². The molecule has 2 nitrogen and oxygen atoms in total. The van der Waals surface area contributed by atoms with E-state index in [1.54, 1.807) is 12.1 Å². The molecule has 0 radical (unpaired) electrons. The summed E-state index contributed by atoms with van der Waals surface area (Å²) in [5.74, 6) is 0.406. The van der Waals surface area contributed by atoms with Gasteiger partial charge in [0, 0.05) is 3.57 Å². The zero-order chi connectivity index (χ0) is 15.1. The van der Waals surface area contributed by atoms with Crippen LogP contribution in [0, 0.1) is 9.39 Å². The van der Waals surface area contributed by atoms with Gasteiger partial charge in [0.1, 0.15) is 11.6 Å². The molecule has 0 saturated heterocycles. The first-order valence-corrected chi connectivity index (χ1v) is 8.14. The minimum atomic E-state index is -0.297. The van der Waals surface area contributed by atoms with E-state index in [1.807, 2.05) is 23.6 Å². The molecule has 1 heterocycles. The van der Waals surface area contributed by atoms with Crippen molar-refractivity contribution in [3.05, 3.63) is 56.6 Å². The molecule has 0 aliphatic heterocycles. The summed E-state index contributed by atoms with van der Waals surface area (Å²) in [6.45, 7) is 1.85. The normalized spacial score (nSPS) is 12.8. The third-order valence-corrected chi connectivity index (χ3v) is 4.52. The van der Waals surface area contributed by atoms with Gasteiger partial charge in [0.05, 0.1) is 27.1 Å². The Kier molecular flexibility index (Phi) is 4.12. The van der Waals surface area contributed by atoms with Gasteiger partial charge in [-0.05, 0) is 59.8 Å². The largest absolute Gasteiger partial charge is 0.292 e. The molecule has 2 aromatic carbocycles. The highest BCUT2D eigenvalue weighted by Gasteiger charge is 2.19. The van der Waals surface area contributed by atoms with Crippen molar-refractivity contribution in [2.75, 3.05) is 0 Å². The van der Waals surface area contributed by atoms with Gasteiger partial charge in [-0.15, -0.1) is 11.6 Å².